The van der Waals surface area contributed by atoms with E-state index in [1.807, 2.05) is 60.7 Å². The molecule has 1 unspecified atom stereocenters. The number of nitrogens with one attached hydrogen (secondary N) is 2. The minimum Gasteiger partial charge on any atom is -0.384 e. The number of amides is 1. The van der Waals surface area contributed by atoms with Crippen molar-refractivity contribution in [2.24, 2.45) is 11.7 Å². The molecule has 4 rings (SSSR count). The molecule has 1 atom stereocenters. The topological polar surface area (TPSA) is 113 Å². The van der Waals surface area contributed by atoms with Crippen LogP contribution in [-0.2, 0) is 27.5 Å². The summed E-state index contributed by atoms with van der Waals surface area (Å²) < 4.78 is 24.4. The molecule has 188 valence electrons. The summed E-state index contributed by atoms with van der Waals surface area (Å²) in [6.07, 6.45) is 2.23. The van der Waals surface area contributed by atoms with E-state index in [-0.39, 0.29) is 22.6 Å². The van der Waals surface area contributed by atoms with E-state index in [0.29, 0.717) is 29.7 Å². The molecule has 0 radical (unpaired) electrons. The van der Waals surface area contributed by atoms with Crippen molar-refractivity contribution < 1.29 is 13.2 Å². The first-order valence-corrected chi connectivity index (χ1v) is 13.8. The van der Waals surface area contributed by atoms with Gasteiger partial charge in [-0.3, -0.25) is 10.2 Å². The molecule has 4 N–H and O–H groups in total. The Balaban J connectivity index is 1.56. The van der Waals surface area contributed by atoms with Crippen LogP contribution in [0, 0.1) is 11.3 Å². The molecule has 4 aromatic rings. The highest BCUT2D eigenvalue weighted by Crippen LogP contribution is 2.28. The molecule has 0 saturated carbocycles. The van der Waals surface area contributed by atoms with Gasteiger partial charge in [0.1, 0.15) is 5.84 Å². The quantitative estimate of drug-likeness (QED) is 0.215. The zero-order valence-electron chi connectivity index (χ0n) is 20.5. The normalized spacial score (nSPS) is 12.0. The van der Waals surface area contributed by atoms with E-state index >= 15 is 0 Å². The molecule has 0 aliphatic heterocycles. The molecule has 0 heterocycles. The van der Waals surface area contributed by atoms with Gasteiger partial charge in [0.05, 0.1) is 4.90 Å². The van der Waals surface area contributed by atoms with Gasteiger partial charge in [-0.15, -0.1) is 0 Å². The fourth-order valence-corrected chi connectivity index (χ4v) is 5.22. The summed E-state index contributed by atoms with van der Waals surface area (Å²) in [6.45, 7) is 0. The van der Waals surface area contributed by atoms with Gasteiger partial charge in [0.2, 0.25) is 5.91 Å². The Morgan fingerprint density at radius 3 is 2.14 bits per heavy atom. The zero-order chi connectivity index (χ0) is 26.4. The van der Waals surface area contributed by atoms with E-state index in [4.69, 9.17) is 11.1 Å². The minimum absolute atomic E-state index is 0.0107. The number of benzene rings is 4. The van der Waals surface area contributed by atoms with Crippen molar-refractivity contribution in [3.8, 4) is 11.1 Å². The Kier molecular flexibility index (Phi) is 7.84. The average molecular weight is 512 g/mol. The largest absolute Gasteiger partial charge is 0.384 e. The van der Waals surface area contributed by atoms with Gasteiger partial charge in [-0.2, -0.15) is 0 Å². The van der Waals surface area contributed by atoms with Gasteiger partial charge in [-0.05, 0) is 53.8 Å². The van der Waals surface area contributed by atoms with Crippen LogP contribution in [0.15, 0.2) is 108 Å². The second kappa shape index (κ2) is 11.2. The Morgan fingerprint density at radius 1 is 0.838 bits per heavy atom. The van der Waals surface area contributed by atoms with Crippen molar-refractivity contribution in [1.29, 1.82) is 5.41 Å². The van der Waals surface area contributed by atoms with Gasteiger partial charge in [0.25, 0.3) is 0 Å². The zero-order valence-corrected chi connectivity index (χ0v) is 21.3. The molecular weight excluding hydrogens is 482 g/mol. The minimum atomic E-state index is -3.38. The summed E-state index contributed by atoms with van der Waals surface area (Å²) in [5.41, 5.74) is 10.3. The van der Waals surface area contributed by atoms with Crippen LogP contribution in [0.3, 0.4) is 0 Å². The Morgan fingerprint density at radius 2 is 1.46 bits per heavy atom. The molecule has 0 fully saturated rings. The van der Waals surface area contributed by atoms with Crippen LogP contribution >= 0.6 is 0 Å². The molecular formula is C30H29N3O3S. The van der Waals surface area contributed by atoms with Gasteiger partial charge >= 0.3 is 0 Å². The predicted octanol–water partition coefficient (Wildman–Crippen LogP) is 5.08. The Labute approximate surface area is 217 Å². The lowest BCUT2D eigenvalue weighted by atomic mass is 9.91. The number of sulfone groups is 1. The van der Waals surface area contributed by atoms with E-state index < -0.39 is 9.84 Å². The van der Waals surface area contributed by atoms with E-state index in [1.54, 1.807) is 42.5 Å². The van der Waals surface area contributed by atoms with Crippen LogP contribution in [-0.4, -0.2) is 26.4 Å². The second-order valence-corrected chi connectivity index (χ2v) is 11.0. The number of carbonyl (C=O) groups is 1. The van der Waals surface area contributed by atoms with Gasteiger partial charge in [-0.1, -0.05) is 78.9 Å². The highest BCUT2D eigenvalue weighted by molar-refractivity contribution is 7.90. The summed E-state index contributed by atoms with van der Waals surface area (Å²) in [5.74, 6) is -0.486. The number of nitrogens with two attached hydrogens (primary N) is 1. The lowest BCUT2D eigenvalue weighted by Gasteiger charge is -2.18. The fraction of sp³-hybridized carbons (Fsp3) is 0.133. The molecule has 0 aromatic heterocycles. The molecule has 6 nitrogen and oxygen atoms in total. The van der Waals surface area contributed by atoms with Crippen molar-refractivity contribution >= 4 is 27.3 Å². The number of nitrogen functional groups attached to an aromatic ring is 1. The van der Waals surface area contributed by atoms with Crippen LogP contribution in [0.1, 0.15) is 16.7 Å². The number of carbonyl (C=O) groups excluding carboxylic acids is 1. The first-order chi connectivity index (χ1) is 17.7. The second-order valence-electron chi connectivity index (χ2n) is 9.04. The van der Waals surface area contributed by atoms with Crippen molar-refractivity contribution in [3.63, 3.8) is 0 Å². The summed E-state index contributed by atoms with van der Waals surface area (Å²) in [7, 11) is -3.38. The van der Waals surface area contributed by atoms with Crippen LogP contribution in [0.5, 0.6) is 0 Å². The molecule has 37 heavy (non-hydrogen) atoms. The van der Waals surface area contributed by atoms with Crippen LogP contribution in [0.25, 0.3) is 11.1 Å². The van der Waals surface area contributed by atoms with Crippen molar-refractivity contribution in [1.82, 2.24) is 0 Å². The number of hydrogen-bond acceptors (Lipinski definition) is 4. The lowest BCUT2D eigenvalue weighted by Crippen LogP contribution is -2.26. The number of anilines is 1. The molecule has 0 aliphatic rings. The molecule has 0 saturated heterocycles. The van der Waals surface area contributed by atoms with E-state index in [9.17, 15) is 13.2 Å². The maximum Gasteiger partial charge on any atom is 0.228 e. The molecule has 0 aliphatic carbocycles. The Hall–Kier alpha value is -4.23. The third kappa shape index (κ3) is 6.71. The van der Waals surface area contributed by atoms with Gasteiger partial charge in [0, 0.05) is 29.0 Å². The Bertz CT molecular complexity index is 1520. The highest BCUT2D eigenvalue weighted by atomic mass is 32.2. The van der Waals surface area contributed by atoms with Crippen LogP contribution in [0.2, 0.25) is 0 Å². The van der Waals surface area contributed by atoms with Crippen molar-refractivity contribution in [2.75, 3.05) is 11.6 Å². The number of amidine groups is 1. The smallest absolute Gasteiger partial charge is 0.228 e. The van der Waals surface area contributed by atoms with Gasteiger partial charge in [0.15, 0.2) is 9.84 Å². The molecule has 0 spiro atoms. The summed E-state index contributed by atoms with van der Waals surface area (Å²) >= 11 is 0. The van der Waals surface area contributed by atoms with Crippen molar-refractivity contribution in [3.05, 3.63) is 120 Å². The number of hydrogen-bond donors (Lipinski definition) is 3. The van der Waals surface area contributed by atoms with Gasteiger partial charge < -0.3 is 11.1 Å². The monoisotopic (exact) mass is 511 g/mol. The summed E-state index contributed by atoms with van der Waals surface area (Å²) in [5, 5.41) is 10.7. The molecule has 4 aromatic carbocycles. The van der Waals surface area contributed by atoms with Crippen molar-refractivity contribution in [2.45, 2.75) is 17.7 Å². The maximum absolute atomic E-state index is 13.4. The predicted molar refractivity (Wildman–Crippen MR) is 148 cm³/mol. The standard InChI is InChI=1S/C30H29N3O3S/c1-37(35,36)28-13-6-5-12-27(28)23-14-16-26(17-15-23)33-30(34)25(18-21-8-3-2-4-9-21)20-22-10-7-11-24(19-22)29(31)32/h2-17,19,25H,18,20H2,1H3,(H3,31,32)(H,33,34). The molecule has 1 amide bonds. The molecule has 7 heteroatoms. The summed E-state index contributed by atoms with van der Waals surface area (Å²) in [4.78, 5) is 13.7. The summed E-state index contributed by atoms with van der Waals surface area (Å²) in [6, 6.07) is 31.3. The maximum atomic E-state index is 13.4. The lowest BCUT2D eigenvalue weighted by molar-refractivity contribution is -0.119. The molecule has 0 bridgehead atoms. The third-order valence-electron chi connectivity index (χ3n) is 6.17. The van der Waals surface area contributed by atoms with Gasteiger partial charge in [-0.25, -0.2) is 8.42 Å². The first kappa shape index (κ1) is 25.9. The SMILES string of the molecule is CS(=O)(=O)c1ccccc1-c1ccc(NC(=O)C(Cc2ccccc2)Cc2cccc(C(=N)N)c2)cc1. The van der Waals surface area contributed by atoms with Crippen LogP contribution in [0.4, 0.5) is 5.69 Å². The third-order valence-corrected chi connectivity index (χ3v) is 7.32. The van der Waals surface area contributed by atoms with E-state index in [2.05, 4.69) is 5.32 Å². The highest BCUT2D eigenvalue weighted by Gasteiger charge is 2.21. The number of rotatable bonds is 9. The fourth-order valence-electron chi connectivity index (χ4n) is 4.31. The average Bonchev–Trinajstić information content (AvgIpc) is 2.89. The van der Waals surface area contributed by atoms with E-state index in [0.717, 1.165) is 16.7 Å². The van der Waals surface area contributed by atoms with E-state index in [1.165, 1.54) is 6.26 Å². The van der Waals surface area contributed by atoms with Crippen LogP contribution < -0.4 is 11.1 Å². The first-order valence-electron chi connectivity index (χ1n) is 11.9.